The molecule has 1 saturated heterocycles. The Bertz CT molecular complexity index is 1020. The molecular formula is C21H20N4O4. The van der Waals surface area contributed by atoms with Crippen LogP contribution in [0, 0.1) is 0 Å². The average molecular weight is 392 g/mol. The van der Waals surface area contributed by atoms with E-state index in [1.165, 1.54) is 0 Å². The van der Waals surface area contributed by atoms with Crippen LogP contribution in [0.5, 0.6) is 0 Å². The summed E-state index contributed by atoms with van der Waals surface area (Å²) in [5.74, 6) is -2.00. The van der Waals surface area contributed by atoms with Crippen LogP contribution in [0.3, 0.4) is 0 Å². The number of hydrogen-bond donors (Lipinski definition) is 3. The number of rotatable bonds is 5. The highest BCUT2D eigenvalue weighted by Crippen LogP contribution is 2.28. The van der Waals surface area contributed by atoms with Crippen LogP contribution in [0.25, 0.3) is 0 Å². The zero-order valence-electron chi connectivity index (χ0n) is 15.6. The third-order valence-electron chi connectivity index (χ3n) is 5.14. The number of imide groups is 2. The van der Waals surface area contributed by atoms with E-state index in [1.807, 2.05) is 24.3 Å². The number of anilines is 1. The van der Waals surface area contributed by atoms with Crippen molar-refractivity contribution in [2.45, 2.75) is 32.0 Å². The van der Waals surface area contributed by atoms with Crippen LogP contribution in [0.1, 0.15) is 44.7 Å². The van der Waals surface area contributed by atoms with Gasteiger partial charge in [-0.3, -0.25) is 29.4 Å². The lowest BCUT2D eigenvalue weighted by Gasteiger charge is -2.27. The van der Waals surface area contributed by atoms with Gasteiger partial charge in [-0.05, 0) is 41.8 Å². The number of piperidine rings is 1. The second-order valence-corrected chi connectivity index (χ2v) is 7.17. The number of carbonyl (C=O) groups excluding carboxylic acids is 4. The van der Waals surface area contributed by atoms with Crippen LogP contribution < -0.4 is 16.4 Å². The molecule has 148 valence electrons. The van der Waals surface area contributed by atoms with Crippen LogP contribution in [0.15, 0.2) is 42.5 Å². The van der Waals surface area contributed by atoms with Crippen molar-refractivity contribution in [3.8, 4) is 0 Å². The van der Waals surface area contributed by atoms with Gasteiger partial charge in [-0.2, -0.15) is 0 Å². The molecule has 0 radical (unpaired) electrons. The molecule has 2 aliphatic rings. The van der Waals surface area contributed by atoms with Gasteiger partial charge in [-0.25, -0.2) is 0 Å². The third-order valence-corrected chi connectivity index (χ3v) is 5.14. The molecule has 8 heteroatoms. The Balaban J connectivity index is 1.46. The molecule has 0 spiro atoms. The predicted molar refractivity (Wildman–Crippen MR) is 105 cm³/mol. The largest absolute Gasteiger partial charge is 0.399 e. The smallest absolute Gasteiger partial charge is 0.262 e. The molecule has 2 heterocycles. The molecule has 4 N–H and O–H groups in total. The minimum atomic E-state index is -0.952. The normalized spacial score (nSPS) is 18.8. The molecule has 4 rings (SSSR count). The van der Waals surface area contributed by atoms with E-state index in [0.29, 0.717) is 18.8 Å². The number of nitrogens with one attached hydrogen (secondary N) is 2. The van der Waals surface area contributed by atoms with E-state index in [0.717, 1.165) is 16.0 Å². The lowest BCUT2D eigenvalue weighted by Crippen LogP contribution is -2.54. The summed E-state index contributed by atoms with van der Waals surface area (Å²) in [7, 11) is 0. The van der Waals surface area contributed by atoms with Gasteiger partial charge in [0, 0.05) is 25.2 Å². The number of nitrogen functional groups attached to an aromatic ring is 1. The molecule has 0 bridgehead atoms. The standard InChI is InChI=1S/C21H20N4O4/c22-14-4-1-12(2-5-14)10-23-11-13-3-6-15-16(9-13)21(29)25(20(15)28)17-7-8-18(26)24-19(17)27/h1-6,9,17,23H,7-8,10-11,22H2,(H,24,26,27). The SMILES string of the molecule is Nc1ccc(CNCc2ccc3c(c2)C(=O)N(C2CCC(=O)NC2=O)C3=O)cc1. The molecular weight excluding hydrogens is 372 g/mol. The lowest BCUT2D eigenvalue weighted by molar-refractivity contribution is -0.136. The van der Waals surface area contributed by atoms with Crippen molar-refractivity contribution in [2.24, 2.45) is 0 Å². The van der Waals surface area contributed by atoms with E-state index in [9.17, 15) is 19.2 Å². The zero-order valence-corrected chi connectivity index (χ0v) is 15.6. The van der Waals surface area contributed by atoms with Crippen molar-refractivity contribution in [1.29, 1.82) is 0 Å². The summed E-state index contributed by atoms with van der Waals surface area (Å²) < 4.78 is 0. The maximum atomic E-state index is 12.8. The number of carbonyl (C=O) groups is 4. The fourth-order valence-corrected chi connectivity index (χ4v) is 3.61. The summed E-state index contributed by atoms with van der Waals surface area (Å²) in [4.78, 5) is 49.9. The molecule has 0 aromatic heterocycles. The monoisotopic (exact) mass is 392 g/mol. The van der Waals surface area contributed by atoms with Gasteiger partial charge in [0.25, 0.3) is 11.8 Å². The van der Waals surface area contributed by atoms with Gasteiger partial charge in [0.2, 0.25) is 11.8 Å². The maximum Gasteiger partial charge on any atom is 0.262 e. The van der Waals surface area contributed by atoms with Gasteiger partial charge in [-0.15, -0.1) is 0 Å². The minimum absolute atomic E-state index is 0.101. The first kappa shape index (κ1) is 18.8. The van der Waals surface area contributed by atoms with E-state index in [1.54, 1.807) is 18.2 Å². The highest BCUT2D eigenvalue weighted by molar-refractivity contribution is 6.23. The van der Waals surface area contributed by atoms with Crippen molar-refractivity contribution >= 4 is 29.3 Å². The number of amides is 4. The Morgan fingerprint density at radius 1 is 0.931 bits per heavy atom. The highest BCUT2D eigenvalue weighted by atomic mass is 16.2. The molecule has 2 aromatic rings. The summed E-state index contributed by atoms with van der Waals surface area (Å²) >= 11 is 0. The van der Waals surface area contributed by atoms with Crippen LogP contribution in [-0.2, 0) is 22.7 Å². The Kier molecular flexibility index (Phi) is 4.85. The minimum Gasteiger partial charge on any atom is -0.399 e. The molecule has 2 aliphatic heterocycles. The van der Waals surface area contributed by atoms with Gasteiger partial charge in [0.05, 0.1) is 11.1 Å². The van der Waals surface area contributed by atoms with Gasteiger partial charge in [-0.1, -0.05) is 18.2 Å². The Labute approximate surface area is 167 Å². The molecule has 29 heavy (non-hydrogen) atoms. The number of fused-ring (bicyclic) bond motifs is 1. The van der Waals surface area contributed by atoms with Crippen LogP contribution in [-0.4, -0.2) is 34.6 Å². The van der Waals surface area contributed by atoms with Crippen molar-refractivity contribution in [2.75, 3.05) is 5.73 Å². The fourth-order valence-electron chi connectivity index (χ4n) is 3.61. The van der Waals surface area contributed by atoms with E-state index < -0.39 is 29.7 Å². The zero-order chi connectivity index (χ0) is 20.5. The molecule has 8 nitrogen and oxygen atoms in total. The molecule has 1 unspecified atom stereocenters. The third kappa shape index (κ3) is 3.62. The predicted octanol–water partition coefficient (Wildman–Crippen LogP) is 0.960. The average Bonchev–Trinajstić information content (AvgIpc) is 2.94. The first-order chi connectivity index (χ1) is 13.9. The Hall–Kier alpha value is -3.52. The summed E-state index contributed by atoms with van der Waals surface area (Å²) in [5.41, 5.74) is 8.88. The van der Waals surface area contributed by atoms with Gasteiger partial charge in [0.1, 0.15) is 6.04 Å². The molecule has 0 aliphatic carbocycles. The van der Waals surface area contributed by atoms with Gasteiger partial charge in [0.15, 0.2) is 0 Å². The van der Waals surface area contributed by atoms with Crippen molar-refractivity contribution in [3.05, 3.63) is 64.7 Å². The number of nitrogens with zero attached hydrogens (tertiary/aromatic N) is 1. The van der Waals surface area contributed by atoms with E-state index >= 15 is 0 Å². The molecule has 4 amide bonds. The maximum absolute atomic E-state index is 12.8. The summed E-state index contributed by atoms with van der Waals surface area (Å²) in [6.45, 7) is 1.14. The van der Waals surface area contributed by atoms with Crippen LogP contribution in [0.2, 0.25) is 0 Å². The highest BCUT2D eigenvalue weighted by Gasteiger charge is 2.44. The Morgan fingerprint density at radius 2 is 1.59 bits per heavy atom. The quantitative estimate of drug-likeness (QED) is 0.515. The second-order valence-electron chi connectivity index (χ2n) is 7.17. The van der Waals surface area contributed by atoms with Gasteiger partial charge >= 0.3 is 0 Å². The lowest BCUT2D eigenvalue weighted by atomic mass is 10.0. The molecule has 1 fully saturated rings. The van der Waals surface area contributed by atoms with E-state index in [-0.39, 0.29) is 24.0 Å². The summed E-state index contributed by atoms with van der Waals surface area (Å²) in [6.07, 6.45) is 0.246. The summed E-state index contributed by atoms with van der Waals surface area (Å²) in [6, 6.07) is 11.7. The van der Waals surface area contributed by atoms with Gasteiger partial charge < -0.3 is 11.1 Å². The molecule has 2 aromatic carbocycles. The van der Waals surface area contributed by atoms with E-state index in [2.05, 4.69) is 10.6 Å². The molecule has 0 saturated carbocycles. The topological polar surface area (TPSA) is 122 Å². The van der Waals surface area contributed by atoms with Crippen molar-refractivity contribution in [1.82, 2.24) is 15.5 Å². The number of nitrogens with two attached hydrogens (primary N) is 1. The molecule has 1 atom stereocenters. The fraction of sp³-hybridized carbons (Fsp3) is 0.238. The first-order valence-electron chi connectivity index (χ1n) is 9.33. The second kappa shape index (κ2) is 7.48. The Morgan fingerprint density at radius 3 is 2.31 bits per heavy atom. The first-order valence-corrected chi connectivity index (χ1v) is 9.33. The summed E-state index contributed by atoms with van der Waals surface area (Å²) in [5, 5.41) is 5.48. The van der Waals surface area contributed by atoms with Crippen molar-refractivity contribution < 1.29 is 19.2 Å². The van der Waals surface area contributed by atoms with E-state index in [4.69, 9.17) is 5.73 Å². The van der Waals surface area contributed by atoms with Crippen LogP contribution >= 0.6 is 0 Å². The van der Waals surface area contributed by atoms with Crippen molar-refractivity contribution in [3.63, 3.8) is 0 Å². The number of benzene rings is 2. The number of hydrogen-bond acceptors (Lipinski definition) is 6. The van der Waals surface area contributed by atoms with Crippen LogP contribution in [0.4, 0.5) is 5.69 Å².